The van der Waals surface area contributed by atoms with Gasteiger partial charge in [-0.15, -0.1) is 0 Å². The van der Waals surface area contributed by atoms with Gasteiger partial charge in [0, 0.05) is 17.4 Å². The van der Waals surface area contributed by atoms with Crippen molar-refractivity contribution in [3.05, 3.63) is 94.0 Å². The molecule has 0 aliphatic carbocycles. The van der Waals surface area contributed by atoms with Crippen LogP contribution in [-0.2, 0) is 9.59 Å². The molecule has 4 rings (SSSR count). The van der Waals surface area contributed by atoms with Crippen molar-refractivity contribution in [1.29, 1.82) is 0 Å². The fourth-order valence-electron chi connectivity index (χ4n) is 4.14. The summed E-state index contributed by atoms with van der Waals surface area (Å²) in [5.41, 5.74) is 1.68. The van der Waals surface area contributed by atoms with Crippen LogP contribution >= 0.6 is 11.6 Å². The first-order chi connectivity index (χ1) is 16.7. The van der Waals surface area contributed by atoms with E-state index in [2.05, 4.69) is 4.98 Å². The van der Waals surface area contributed by atoms with E-state index >= 15 is 0 Å². The predicted molar refractivity (Wildman–Crippen MR) is 132 cm³/mol. The van der Waals surface area contributed by atoms with Gasteiger partial charge in [0.2, 0.25) is 0 Å². The number of Topliss-reactive ketones (excluding diaryl/α,β-unsaturated/α-hetero) is 1. The quantitative estimate of drug-likeness (QED) is 0.257. The second-order valence-corrected chi connectivity index (χ2v) is 8.77. The zero-order chi connectivity index (χ0) is 25.3. The second-order valence-electron chi connectivity index (χ2n) is 8.36. The molecule has 1 atom stereocenters. The minimum Gasteiger partial charge on any atom is -0.507 e. The lowest BCUT2D eigenvalue weighted by molar-refractivity contribution is -0.132. The van der Waals surface area contributed by atoms with Gasteiger partial charge >= 0.3 is 0 Å². The van der Waals surface area contributed by atoms with Crippen molar-refractivity contribution in [2.75, 3.05) is 11.5 Å². The Hall–Kier alpha value is -3.71. The SMILES string of the molecule is CCOc1ccc(/C(O)=C2/C(=O)C(=O)N(c3ccc(F)c(Cl)c3)C2c2ccccn2)cc1C(C)C. The third-order valence-corrected chi connectivity index (χ3v) is 6.09. The van der Waals surface area contributed by atoms with Crippen molar-refractivity contribution in [1.82, 2.24) is 4.98 Å². The monoisotopic (exact) mass is 494 g/mol. The van der Waals surface area contributed by atoms with Crippen LogP contribution in [0.25, 0.3) is 5.76 Å². The molecule has 2 heterocycles. The smallest absolute Gasteiger partial charge is 0.300 e. The highest BCUT2D eigenvalue weighted by Gasteiger charge is 2.47. The Balaban J connectivity index is 1.92. The van der Waals surface area contributed by atoms with E-state index < -0.39 is 23.5 Å². The van der Waals surface area contributed by atoms with Crippen LogP contribution in [-0.4, -0.2) is 28.4 Å². The summed E-state index contributed by atoms with van der Waals surface area (Å²) >= 11 is 5.97. The third kappa shape index (κ3) is 4.51. The summed E-state index contributed by atoms with van der Waals surface area (Å²) in [7, 11) is 0. The van der Waals surface area contributed by atoms with Crippen LogP contribution in [0.1, 0.15) is 49.6 Å². The summed E-state index contributed by atoms with van der Waals surface area (Å²) in [5.74, 6) is -1.98. The number of aliphatic hydroxyl groups is 1. The number of hydrogen-bond acceptors (Lipinski definition) is 5. The van der Waals surface area contributed by atoms with E-state index in [9.17, 15) is 19.1 Å². The van der Waals surface area contributed by atoms with E-state index in [4.69, 9.17) is 16.3 Å². The number of hydrogen-bond donors (Lipinski definition) is 1. The number of ketones is 1. The number of carbonyl (C=O) groups is 2. The summed E-state index contributed by atoms with van der Waals surface area (Å²) in [6.07, 6.45) is 1.53. The van der Waals surface area contributed by atoms with Crippen LogP contribution in [0.5, 0.6) is 5.75 Å². The Kier molecular flexibility index (Phi) is 6.89. The lowest BCUT2D eigenvalue weighted by Crippen LogP contribution is -2.29. The van der Waals surface area contributed by atoms with Crippen molar-refractivity contribution in [2.24, 2.45) is 0 Å². The van der Waals surface area contributed by atoms with Crippen LogP contribution in [0.3, 0.4) is 0 Å². The zero-order valence-corrected chi connectivity index (χ0v) is 20.2. The molecule has 1 amide bonds. The molecule has 1 aromatic heterocycles. The maximum atomic E-state index is 13.8. The van der Waals surface area contributed by atoms with Gasteiger partial charge in [-0.1, -0.05) is 31.5 Å². The molecular weight excluding hydrogens is 471 g/mol. The van der Waals surface area contributed by atoms with Crippen LogP contribution in [0.4, 0.5) is 10.1 Å². The van der Waals surface area contributed by atoms with E-state index in [-0.39, 0.29) is 28.0 Å². The van der Waals surface area contributed by atoms with Crippen molar-refractivity contribution < 1.29 is 23.8 Å². The molecule has 1 aliphatic heterocycles. The van der Waals surface area contributed by atoms with Crippen LogP contribution in [0.2, 0.25) is 5.02 Å². The molecule has 6 nitrogen and oxygen atoms in total. The largest absolute Gasteiger partial charge is 0.507 e. The first kappa shape index (κ1) is 24.4. The molecule has 0 saturated carbocycles. The summed E-state index contributed by atoms with van der Waals surface area (Å²) in [5, 5.41) is 11.2. The molecule has 2 aromatic carbocycles. The molecule has 1 fully saturated rings. The topological polar surface area (TPSA) is 79.7 Å². The van der Waals surface area contributed by atoms with Gasteiger partial charge in [0.15, 0.2) is 0 Å². The van der Waals surface area contributed by atoms with Gasteiger partial charge in [-0.25, -0.2) is 4.39 Å². The summed E-state index contributed by atoms with van der Waals surface area (Å²) in [6, 6.07) is 12.9. The number of benzene rings is 2. The molecule has 1 N–H and O–H groups in total. The number of aliphatic hydroxyl groups excluding tert-OH is 1. The summed E-state index contributed by atoms with van der Waals surface area (Å²) < 4.78 is 19.5. The van der Waals surface area contributed by atoms with Crippen LogP contribution < -0.4 is 9.64 Å². The van der Waals surface area contributed by atoms with E-state index in [0.29, 0.717) is 23.6 Å². The second kappa shape index (κ2) is 9.88. The van der Waals surface area contributed by atoms with Gasteiger partial charge in [0.25, 0.3) is 11.7 Å². The number of anilines is 1. The van der Waals surface area contributed by atoms with Crippen LogP contribution in [0, 0.1) is 5.82 Å². The normalized spacial score (nSPS) is 17.3. The Bertz CT molecular complexity index is 1320. The molecule has 1 saturated heterocycles. The molecule has 180 valence electrons. The molecule has 0 bridgehead atoms. The first-order valence-electron chi connectivity index (χ1n) is 11.2. The fraction of sp³-hybridized carbons (Fsp3) is 0.222. The Morgan fingerprint density at radius 1 is 1.17 bits per heavy atom. The molecule has 0 spiro atoms. The maximum Gasteiger partial charge on any atom is 0.300 e. The fourth-order valence-corrected chi connectivity index (χ4v) is 4.32. The van der Waals surface area contributed by atoms with E-state index in [1.165, 1.54) is 23.2 Å². The van der Waals surface area contributed by atoms with Crippen LogP contribution in [0.15, 0.2) is 66.4 Å². The Labute approximate surface area is 207 Å². The average Bonchev–Trinajstić information content (AvgIpc) is 3.11. The molecule has 35 heavy (non-hydrogen) atoms. The van der Waals surface area contributed by atoms with Gasteiger partial charge in [-0.2, -0.15) is 0 Å². The summed E-state index contributed by atoms with van der Waals surface area (Å²) in [6.45, 7) is 6.35. The number of ether oxygens (including phenoxy) is 1. The highest BCUT2D eigenvalue weighted by molar-refractivity contribution is 6.51. The first-order valence-corrected chi connectivity index (χ1v) is 11.6. The average molecular weight is 495 g/mol. The van der Waals surface area contributed by atoms with Crippen molar-refractivity contribution >= 4 is 34.7 Å². The third-order valence-electron chi connectivity index (χ3n) is 5.80. The minimum absolute atomic E-state index is 0.0830. The van der Waals surface area contributed by atoms with Gasteiger partial charge in [0.05, 0.1) is 22.9 Å². The lowest BCUT2D eigenvalue weighted by Gasteiger charge is -2.25. The minimum atomic E-state index is -1.04. The molecule has 0 radical (unpaired) electrons. The highest BCUT2D eigenvalue weighted by atomic mass is 35.5. The van der Waals surface area contributed by atoms with E-state index in [1.54, 1.807) is 36.4 Å². The summed E-state index contributed by atoms with van der Waals surface area (Å²) in [4.78, 5) is 32.0. The van der Waals surface area contributed by atoms with Crippen molar-refractivity contribution in [3.8, 4) is 5.75 Å². The number of nitrogens with zero attached hydrogens (tertiary/aromatic N) is 2. The Morgan fingerprint density at radius 3 is 2.57 bits per heavy atom. The number of carbonyl (C=O) groups excluding carboxylic acids is 2. The maximum absolute atomic E-state index is 13.8. The lowest BCUT2D eigenvalue weighted by atomic mass is 9.94. The standard InChI is InChI=1S/C27H24ClFN2O4/c1-4-35-22-11-8-16(13-18(22)15(2)3)25(32)23-24(21-7-5-6-12-30-21)31(27(34)26(23)33)17-9-10-20(29)19(28)14-17/h5-15,24,32H,4H2,1-3H3/b25-23-. The van der Waals surface area contributed by atoms with Crippen molar-refractivity contribution in [2.45, 2.75) is 32.7 Å². The molecular formula is C27H24ClFN2O4. The molecule has 3 aromatic rings. The van der Waals surface area contributed by atoms with Crippen molar-refractivity contribution in [3.63, 3.8) is 0 Å². The van der Waals surface area contributed by atoms with Gasteiger partial charge < -0.3 is 9.84 Å². The number of aromatic nitrogens is 1. The number of pyridine rings is 1. The number of rotatable bonds is 6. The van der Waals surface area contributed by atoms with Gasteiger partial charge in [-0.05, 0) is 66.9 Å². The highest BCUT2D eigenvalue weighted by Crippen LogP contribution is 2.42. The van der Waals surface area contributed by atoms with Gasteiger partial charge in [-0.3, -0.25) is 19.5 Å². The zero-order valence-electron chi connectivity index (χ0n) is 19.5. The van der Waals surface area contributed by atoms with E-state index in [1.807, 2.05) is 20.8 Å². The Morgan fingerprint density at radius 2 is 1.94 bits per heavy atom. The number of halogens is 2. The predicted octanol–water partition coefficient (Wildman–Crippen LogP) is 6.02. The number of amides is 1. The molecule has 1 aliphatic rings. The van der Waals surface area contributed by atoms with Gasteiger partial charge in [0.1, 0.15) is 23.4 Å². The molecule has 8 heteroatoms. The molecule has 1 unspecified atom stereocenters. The van der Waals surface area contributed by atoms with E-state index in [0.717, 1.165) is 11.6 Å².